The number of hydrogen-bond donors (Lipinski definition) is 0. The lowest BCUT2D eigenvalue weighted by molar-refractivity contribution is -0.132. The molecule has 0 aliphatic carbocycles. The van der Waals surface area contributed by atoms with Gasteiger partial charge in [-0.3, -0.25) is 19.3 Å². The van der Waals surface area contributed by atoms with E-state index in [1.165, 1.54) is 26.6 Å². The molecule has 0 radical (unpaired) electrons. The fourth-order valence-electron chi connectivity index (χ4n) is 4.26. The van der Waals surface area contributed by atoms with Gasteiger partial charge in [0.2, 0.25) is 5.91 Å². The Labute approximate surface area is 194 Å². The summed E-state index contributed by atoms with van der Waals surface area (Å²) < 4.78 is 5.52. The Balaban J connectivity index is 1.46. The summed E-state index contributed by atoms with van der Waals surface area (Å²) in [7, 11) is 3.34. The highest BCUT2D eigenvalue weighted by Crippen LogP contribution is 2.33. The van der Waals surface area contributed by atoms with Gasteiger partial charge in [-0.2, -0.15) is 0 Å². The maximum atomic E-state index is 13.1. The number of benzene rings is 2. The lowest BCUT2D eigenvalue weighted by atomic mass is 10.1. The predicted octanol–water partition coefficient (Wildman–Crippen LogP) is 2.08. The second-order valence-electron chi connectivity index (χ2n) is 8.81. The van der Waals surface area contributed by atoms with E-state index in [2.05, 4.69) is 36.9 Å². The van der Waals surface area contributed by atoms with Crippen LogP contribution in [-0.2, 0) is 9.59 Å². The van der Waals surface area contributed by atoms with Crippen molar-refractivity contribution in [2.75, 3.05) is 63.2 Å². The molecule has 2 aliphatic heterocycles. The van der Waals surface area contributed by atoms with Gasteiger partial charge in [0.1, 0.15) is 12.3 Å². The lowest BCUT2D eigenvalue weighted by Crippen LogP contribution is -2.53. The Bertz CT molecular complexity index is 1090. The number of nitrogens with zero attached hydrogens (tertiary/aromatic N) is 4. The molecular weight excluding hydrogens is 420 g/mol. The molecule has 0 spiro atoms. The summed E-state index contributed by atoms with van der Waals surface area (Å²) in [6.07, 6.45) is 0. The van der Waals surface area contributed by atoms with E-state index in [1.54, 1.807) is 37.2 Å². The van der Waals surface area contributed by atoms with Crippen LogP contribution in [0, 0.1) is 13.8 Å². The SMILES string of the molecule is Cc1ccc(C)c(N2CCN(C(=O)CN3C(=O)COc4ccc(C(=O)N(C)C)cc43)CC2)c1. The van der Waals surface area contributed by atoms with Crippen LogP contribution in [0.3, 0.4) is 0 Å². The van der Waals surface area contributed by atoms with E-state index in [4.69, 9.17) is 4.74 Å². The molecule has 8 heteroatoms. The molecule has 0 aromatic heterocycles. The molecule has 174 valence electrons. The molecule has 2 heterocycles. The minimum absolute atomic E-state index is 0.0712. The number of amides is 3. The molecule has 0 saturated carbocycles. The summed E-state index contributed by atoms with van der Waals surface area (Å²) in [4.78, 5) is 45.1. The monoisotopic (exact) mass is 450 g/mol. The van der Waals surface area contributed by atoms with Crippen LogP contribution >= 0.6 is 0 Å². The highest BCUT2D eigenvalue weighted by Gasteiger charge is 2.31. The number of carbonyl (C=O) groups excluding carboxylic acids is 3. The molecule has 0 bridgehead atoms. The van der Waals surface area contributed by atoms with Crippen molar-refractivity contribution in [3.05, 3.63) is 53.1 Å². The van der Waals surface area contributed by atoms with Crippen LogP contribution in [0.5, 0.6) is 5.75 Å². The van der Waals surface area contributed by atoms with E-state index in [0.29, 0.717) is 30.1 Å². The number of hydrogen-bond acceptors (Lipinski definition) is 5. The first kappa shape index (κ1) is 22.6. The topological polar surface area (TPSA) is 73.4 Å². The first-order valence-electron chi connectivity index (χ1n) is 11.1. The first-order valence-corrected chi connectivity index (χ1v) is 11.1. The molecule has 2 aromatic carbocycles. The van der Waals surface area contributed by atoms with Crippen molar-refractivity contribution in [1.82, 2.24) is 9.80 Å². The van der Waals surface area contributed by atoms with Gasteiger partial charge in [-0.15, -0.1) is 0 Å². The molecule has 2 aliphatic rings. The van der Waals surface area contributed by atoms with Gasteiger partial charge in [-0.25, -0.2) is 0 Å². The van der Waals surface area contributed by atoms with Gasteiger partial charge in [0.25, 0.3) is 11.8 Å². The third kappa shape index (κ3) is 4.65. The second kappa shape index (κ2) is 9.13. The summed E-state index contributed by atoms with van der Waals surface area (Å²) in [6, 6.07) is 11.4. The number of piperazine rings is 1. The summed E-state index contributed by atoms with van der Waals surface area (Å²) in [5.41, 5.74) is 4.54. The Morgan fingerprint density at radius 3 is 2.39 bits per heavy atom. The molecule has 0 unspecified atom stereocenters. The Morgan fingerprint density at radius 1 is 0.970 bits per heavy atom. The van der Waals surface area contributed by atoms with Crippen LogP contribution in [0.1, 0.15) is 21.5 Å². The van der Waals surface area contributed by atoms with E-state index in [0.717, 1.165) is 13.1 Å². The Kier molecular flexibility index (Phi) is 6.26. The molecule has 4 rings (SSSR count). The zero-order valence-corrected chi connectivity index (χ0v) is 19.6. The third-order valence-corrected chi connectivity index (χ3v) is 6.19. The molecule has 3 amide bonds. The smallest absolute Gasteiger partial charge is 0.265 e. The average molecular weight is 451 g/mol. The van der Waals surface area contributed by atoms with Crippen LogP contribution in [-0.4, -0.2) is 80.9 Å². The van der Waals surface area contributed by atoms with Gasteiger partial charge < -0.3 is 19.4 Å². The van der Waals surface area contributed by atoms with Crippen LogP contribution in [0.2, 0.25) is 0 Å². The van der Waals surface area contributed by atoms with Gasteiger partial charge in [0.05, 0.1) is 5.69 Å². The molecule has 1 fully saturated rings. The van der Waals surface area contributed by atoms with Gasteiger partial charge in [-0.1, -0.05) is 12.1 Å². The minimum atomic E-state index is -0.292. The molecule has 2 aromatic rings. The number of fused-ring (bicyclic) bond motifs is 1. The number of aryl methyl sites for hydroxylation is 2. The van der Waals surface area contributed by atoms with Crippen molar-refractivity contribution in [2.45, 2.75) is 13.8 Å². The minimum Gasteiger partial charge on any atom is -0.482 e. The normalized spacial score (nSPS) is 15.8. The summed E-state index contributed by atoms with van der Waals surface area (Å²) in [5.74, 6) is -0.0809. The van der Waals surface area contributed by atoms with E-state index in [1.807, 2.05) is 0 Å². The van der Waals surface area contributed by atoms with Crippen molar-refractivity contribution in [2.24, 2.45) is 0 Å². The van der Waals surface area contributed by atoms with Crippen molar-refractivity contribution >= 4 is 29.1 Å². The van der Waals surface area contributed by atoms with Crippen LogP contribution in [0.25, 0.3) is 0 Å². The standard InChI is InChI=1S/C25H30N4O4/c1-17-5-6-18(2)20(13-17)27-9-11-28(12-10-27)23(30)15-29-21-14-19(25(32)26(3)4)7-8-22(21)33-16-24(29)31/h5-8,13-14H,9-12,15-16H2,1-4H3. The Morgan fingerprint density at radius 2 is 1.70 bits per heavy atom. The fraction of sp³-hybridized carbons (Fsp3) is 0.400. The fourth-order valence-corrected chi connectivity index (χ4v) is 4.26. The molecular formula is C25H30N4O4. The maximum Gasteiger partial charge on any atom is 0.265 e. The molecule has 0 N–H and O–H groups in total. The van der Waals surface area contributed by atoms with Crippen molar-refractivity contribution in [3.63, 3.8) is 0 Å². The lowest BCUT2D eigenvalue weighted by Gasteiger charge is -2.38. The largest absolute Gasteiger partial charge is 0.482 e. The molecule has 8 nitrogen and oxygen atoms in total. The van der Waals surface area contributed by atoms with Gasteiger partial charge in [-0.05, 0) is 49.2 Å². The second-order valence-corrected chi connectivity index (χ2v) is 8.81. The summed E-state index contributed by atoms with van der Waals surface area (Å²) in [5, 5.41) is 0. The van der Waals surface area contributed by atoms with Crippen molar-refractivity contribution < 1.29 is 19.1 Å². The summed E-state index contributed by atoms with van der Waals surface area (Å²) in [6.45, 7) is 6.66. The zero-order valence-electron chi connectivity index (χ0n) is 19.6. The van der Waals surface area contributed by atoms with Crippen molar-refractivity contribution in [3.8, 4) is 5.75 Å². The van der Waals surface area contributed by atoms with Crippen LogP contribution in [0.15, 0.2) is 36.4 Å². The zero-order chi connectivity index (χ0) is 23.7. The number of carbonyl (C=O) groups is 3. The maximum absolute atomic E-state index is 13.1. The summed E-state index contributed by atoms with van der Waals surface area (Å²) >= 11 is 0. The third-order valence-electron chi connectivity index (χ3n) is 6.19. The van der Waals surface area contributed by atoms with Gasteiger partial charge in [0.15, 0.2) is 6.61 Å². The van der Waals surface area contributed by atoms with Gasteiger partial charge >= 0.3 is 0 Å². The number of ether oxygens (including phenoxy) is 1. The first-order chi connectivity index (χ1) is 15.7. The van der Waals surface area contributed by atoms with Crippen LogP contribution in [0.4, 0.5) is 11.4 Å². The van der Waals surface area contributed by atoms with E-state index in [9.17, 15) is 14.4 Å². The number of anilines is 2. The molecule has 0 atom stereocenters. The highest BCUT2D eigenvalue weighted by atomic mass is 16.5. The quantitative estimate of drug-likeness (QED) is 0.713. The van der Waals surface area contributed by atoms with Crippen LogP contribution < -0.4 is 14.5 Å². The van der Waals surface area contributed by atoms with E-state index < -0.39 is 0 Å². The number of rotatable bonds is 4. The van der Waals surface area contributed by atoms with Gasteiger partial charge in [0, 0.05) is 51.5 Å². The molecule has 33 heavy (non-hydrogen) atoms. The predicted molar refractivity (Wildman–Crippen MR) is 127 cm³/mol. The van der Waals surface area contributed by atoms with E-state index in [-0.39, 0.29) is 30.9 Å². The highest BCUT2D eigenvalue weighted by molar-refractivity contribution is 6.04. The average Bonchev–Trinajstić information content (AvgIpc) is 2.81. The van der Waals surface area contributed by atoms with E-state index >= 15 is 0 Å². The Hall–Kier alpha value is -3.55. The molecule has 1 saturated heterocycles. The van der Waals surface area contributed by atoms with Crippen molar-refractivity contribution in [1.29, 1.82) is 0 Å².